The number of rotatable bonds is 4. The molecule has 0 fully saturated rings. The quantitative estimate of drug-likeness (QED) is 0.441. The average Bonchev–Trinajstić information content (AvgIpc) is 2.16. The first kappa shape index (κ1) is 10.8. The van der Waals surface area contributed by atoms with E-state index in [0.29, 0.717) is 6.61 Å². The summed E-state index contributed by atoms with van der Waals surface area (Å²) in [6, 6.07) is 0.198. The van der Waals surface area contributed by atoms with Gasteiger partial charge in [-0.2, -0.15) is 0 Å². The second-order valence-corrected chi connectivity index (χ2v) is 3.42. The molecular formula is C8H11ClN2OS. The molecule has 13 heavy (non-hydrogen) atoms. The molecule has 0 spiro atoms. The lowest BCUT2D eigenvalue weighted by Gasteiger charge is -2.04. The monoisotopic (exact) mass is 218 g/mol. The van der Waals surface area contributed by atoms with Crippen molar-refractivity contribution in [2.75, 3.05) is 12.3 Å². The van der Waals surface area contributed by atoms with Gasteiger partial charge in [0.25, 0.3) is 0 Å². The molecule has 1 heterocycles. The second-order valence-electron chi connectivity index (χ2n) is 2.42. The van der Waals surface area contributed by atoms with E-state index in [4.69, 9.17) is 16.3 Å². The van der Waals surface area contributed by atoms with Crippen molar-refractivity contribution in [3.8, 4) is 0 Å². The third kappa shape index (κ3) is 3.14. The van der Waals surface area contributed by atoms with Crippen molar-refractivity contribution in [1.29, 1.82) is 0 Å². The number of ether oxygens (including phenoxy) is 1. The van der Waals surface area contributed by atoms with Crippen molar-refractivity contribution in [3.63, 3.8) is 0 Å². The molecule has 1 aromatic heterocycles. The Labute approximate surface area is 86.9 Å². The molecule has 0 aliphatic rings. The Kier molecular flexibility index (Phi) is 4.48. The topological polar surface area (TPSA) is 35.0 Å². The zero-order valence-corrected chi connectivity index (χ0v) is 9.15. The summed E-state index contributed by atoms with van der Waals surface area (Å²) in [5, 5.41) is 0.784. The van der Waals surface area contributed by atoms with Gasteiger partial charge in [0.2, 0.25) is 0 Å². The zero-order valence-electron chi connectivity index (χ0n) is 7.58. The van der Waals surface area contributed by atoms with Crippen LogP contribution in [-0.4, -0.2) is 22.3 Å². The fourth-order valence-electron chi connectivity index (χ4n) is 0.859. The van der Waals surface area contributed by atoms with E-state index in [9.17, 15) is 0 Å². The van der Waals surface area contributed by atoms with Gasteiger partial charge in [-0.15, -0.1) is 0 Å². The van der Waals surface area contributed by atoms with E-state index in [2.05, 4.69) is 9.97 Å². The van der Waals surface area contributed by atoms with Crippen LogP contribution in [0.4, 0.5) is 0 Å². The molecule has 0 aliphatic carbocycles. The summed E-state index contributed by atoms with van der Waals surface area (Å²) in [6.45, 7) is 2.41. The van der Waals surface area contributed by atoms with E-state index in [1.165, 1.54) is 11.8 Å². The molecule has 0 amide bonds. The fraction of sp³-hybridized carbons (Fsp3) is 0.500. The number of aryl methyl sites for hydroxylation is 1. The van der Waals surface area contributed by atoms with Crippen molar-refractivity contribution >= 4 is 23.4 Å². The van der Waals surface area contributed by atoms with Crippen molar-refractivity contribution in [2.45, 2.75) is 18.7 Å². The maximum Gasteiger partial charge on any atom is 0.187 e. The Bertz CT molecular complexity index is 283. The van der Waals surface area contributed by atoms with E-state index >= 15 is 0 Å². The number of nitrogens with zero attached hydrogens (tertiary/aromatic N) is 2. The van der Waals surface area contributed by atoms with Crippen LogP contribution in [0.1, 0.15) is 11.3 Å². The molecule has 0 saturated heterocycles. The summed E-state index contributed by atoms with van der Waals surface area (Å²) in [6.07, 6.45) is 3.73. The third-order valence-electron chi connectivity index (χ3n) is 1.58. The molecule has 0 aliphatic heterocycles. The highest BCUT2D eigenvalue weighted by Gasteiger charge is 2.01. The first-order valence-electron chi connectivity index (χ1n) is 3.78. The molecule has 72 valence electrons. The summed E-state index contributed by atoms with van der Waals surface area (Å²) < 4.78 is 5.05. The summed E-state index contributed by atoms with van der Waals surface area (Å²) in [5.41, 5.74) is 1.93. The lowest BCUT2D eigenvalue weighted by atomic mass is 10.3. The van der Waals surface area contributed by atoms with E-state index in [-0.39, 0.29) is 6.07 Å². The Morgan fingerprint density at radius 1 is 1.62 bits per heavy atom. The number of aromatic nitrogens is 2. The van der Waals surface area contributed by atoms with Crippen LogP contribution in [0.5, 0.6) is 0 Å². The van der Waals surface area contributed by atoms with Gasteiger partial charge in [0, 0.05) is 17.5 Å². The van der Waals surface area contributed by atoms with E-state index in [1.807, 2.05) is 13.2 Å². The average molecular weight is 219 g/mol. The van der Waals surface area contributed by atoms with Crippen molar-refractivity contribution in [3.05, 3.63) is 17.5 Å². The Morgan fingerprint density at radius 3 is 2.92 bits per heavy atom. The van der Waals surface area contributed by atoms with Crippen LogP contribution in [0.15, 0.2) is 11.4 Å². The summed E-state index contributed by atoms with van der Waals surface area (Å²) in [5.74, 6) is 0. The van der Waals surface area contributed by atoms with Crippen LogP contribution in [0.3, 0.4) is 0 Å². The minimum atomic E-state index is 0.198. The number of hydrogen-bond acceptors (Lipinski definition) is 4. The molecule has 3 nitrogen and oxygen atoms in total. The normalized spacial score (nSPS) is 10.4. The van der Waals surface area contributed by atoms with Gasteiger partial charge in [-0.25, -0.2) is 9.97 Å². The summed E-state index contributed by atoms with van der Waals surface area (Å²) in [4.78, 5) is 8.41. The molecular weight excluding hydrogens is 208 g/mol. The highest BCUT2D eigenvalue weighted by atomic mass is 35.5. The van der Waals surface area contributed by atoms with Gasteiger partial charge in [-0.05, 0) is 13.2 Å². The van der Waals surface area contributed by atoms with Gasteiger partial charge in [0.15, 0.2) is 5.16 Å². The molecule has 1 aromatic rings. The molecule has 0 bridgehead atoms. The highest BCUT2D eigenvalue weighted by molar-refractivity contribution is 7.98. The van der Waals surface area contributed by atoms with Gasteiger partial charge in [-0.3, -0.25) is 0 Å². The van der Waals surface area contributed by atoms with Crippen LogP contribution in [-0.2, 0) is 11.3 Å². The van der Waals surface area contributed by atoms with Crippen LogP contribution < -0.4 is 0 Å². The number of alkyl halides is 1. The lowest BCUT2D eigenvalue weighted by molar-refractivity contribution is 0.164. The Balaban J connectivity index is 2.73. The van der Waals surface area contributed by atoms with Crippen LogP contribution in [0.2, 0.25) is 0 Å². The Morgan fingerprint density at radius 2 is 2.38 bits per heavy atom. The summed E-state index contributed by atoms with van der Waals surface area (Å²) >= 11 is 6.92. The van der Waals surface area contributed by atoms with Gasteiger partial charge in [0.05, 0.1) is 6.61 Å². The minimum absolute atomic E-state index is 0.198. The van der Waals surface area contributed by atoms with Crippen LogP contribution >= 0.6 is 23.4 Å². The van der Waals surface area contributed by atoms with Crippen LogP contribution in [0, 0.1) is 6.92 Å². The second kappa shape index (κ2) is 5.42. The standard InChI is InChI=1S/C8H11ClN2OS/c1-6-7(4-12-5-9)3-10-8(11-6)13-2/h3H,4-5H2,1-2H3. The predicted octanol–water partition coefficient (Wildman–Crippen LogP) is 2.22. The number of hydrogen-bond donors (Lipinski definition) is 0. The van der Waals surface area contributed by atoms with Gasteiger partial charge in [0.1, 0.15) is 6.07 Å². The fourth-order valence-corrected chi connectivity index (χ4v) is 1.32. The molecule has 0 saturated carbocycles. The van der Waals surface area contributed by atoms with E-state index in [0.717, 1.165) is 16.4 Å². The molecule has 0 aromatic carbocycles. The predicted molar refractivity (Wildman–Crippen MR) is 54.1 cm³/mol. The summed E-state index contributed by atoms with van der Waals surface area (Å²) in [7, 11) is 0. The first-order valence-corrected chi connectivity index (χ1v) is 5.54. The molecule has 0 atom stereocenters. The maximum atomic E-state index is 5.40. The van der Waals surface area contributed by atoms with Gasteiger partial charge < -0.3 is 4.74 Å². The molecule has 1 rings (SSSR count). The SMILES string of the molecule is CSc1ncc(COCCl)c(C)n1. The first-order chi connectivity index (χ1) is 6.27. The van der Waals surface area contributed by atoms with E-state index in [1.54, 1.807) is 6.20 Å². The Hall–Kier alpha value is -0.320. The largest absolute Gasteiger partial charge is 0.361 e. The van der Waals surface area contributed by atoms with Gasteiger partial charge >= 0.3 is 0 Å². The number of thioether (sulfide) groups is 1. The molecule has 0 unspecified atom stereocenters. The molecule has 5 heteroatoms. The van der Waals surface area contributed by atoms with Crippen LogP contribution in [0.25, 0.3) is 0 Å². The van der Waals surface area contributed by atoms with E-state index < -0.39 is 0 Å². The highest BCUT2D eigenvalue weighted by Crippen LogP contribution is 2.11. The lowest BCUT2D eigenvalue weighted by Crippen LogP contribution is -1.99. The third-order valence-corrected chi connectivity index (χ3v) is 2.29. The van der Waals surface area contributed by atoms with Crippen molar-refractivity contribution < 1.29 is 4.74 Å². The minimum Gasteiger partial charge on any atom is -0.361 e. The molecule has 0 N–H and O–H groups in total. The number of halogens is 1. The van der Waals surface area contributed by atoms with Gasteiger partial charge in [-0.1, -0.05) is 23.4 Å². The smallest absolute Gasteiger partial charge is 0.187 e. The maximum absolute atomic E-state index is 5.40. The molecule has 0 radical (unpaired) electrons. The zero-order chi connectivity index (χ0) is 9.68. The van der Waals surface area contributed by atoms with Crippen molar-refractivity contribution in [2.24, 2.45) is 0 Å². The van der Waals surface area contributed by atoms with Crippen molar-refractivity contribution in [1.82, 2.24) is 9.97 Å².